The van der Waals surface area contributed by atoms with Gasteiger partial charge in [-0.05, 0) is 53.6 Å². The fourth-order valence-corrected chi connectivity index (χ4v) is 3.34. The van der Waals surface area contributed by atoms with E-state index in [0.29, 0.717) is 22.8 Å². The number of fused-ring (bicyclic) bond motifs is 1. The van der Waals surface area contributed by atoms with Crippen LogP contribution in [0.25, 0.3) is 27.9 Å². The summed E-state index contributed by atoms with van der Waals surface area (Å²) in [6.07, 6.45) is 6.72. The van der Waals surface area contributed by atoms with Crippen molar-refractivity contribution < 1.29 is 9.50 Å². The van der Waals surface area contributed by atoms with Crippen LogP contribution in [0.15, 0.2) is 79.7 Å². The van der Waals surface area contributed by atoms with Crippen molar-refractivity contribution in [2.24, 2.45) is 0 Å². The lowest BCUT2D eigenvalue weighted by Crippen LogP contribution is -2.00. The Balaban J connectivity index is 1.90. The number of rotatable bonds is 6. The number of aliphatic hydroxyl groups excluding tert-OH is 1. The molecule has 0 bridgehead atoms. The maximum absolute atomic E-state index is 13.6. The van der Waals surface area contributed by atoms with Crippen LogP contribution in [0.3, 0.4) is 0 Å². The minimum atomic E-state index is -0.497. The second-order valence-corrected chi connectivity index (χ2v) is 7.08. The van der Waals surface area contributed by atoms with Crippen LogP contribution in [0.4, 0.5) is 15.9 Å². The molecule has 0 spiro atoms. The van der Waals surface area contributed by atoms with Gasteiger partial charge in [-0.3, -0.25) is 4.98 Å². The Labute approximate surface area is 183 Å². The fourth-order valence-electron chi connectivity index (χ4n) is 3.16. The van der Waals surface area contributed by atoms with Crippen molar-refractivity contribution in [1.82, 2.24) is 15.0 Å². The quantitative estimate of drug-likeness (QED) is 0.377. The summed E-state index contributed by atoms with van der Waals surface area (Å²) >= 11 is 5.95. The number of nitrogens with one attached hydrogen (secondary N) is 1. The van der Waals surface area contributed by atoms with E-state index in [2.05, 4.69) is 21.9 Å². The first-order valence-corrected chi connectivity index (χ1v) is 9.85. The van der Waals surface area contributed by atoms with Crippen molar-refractivity contribution >= 4 is 39.6 Å². The zero-order valence-corrected chi connectivity index (χ0v) is 17.1. The molecular weight excluding hydrogens is 415 g/mol. The van der Waals surface area contributed by atoms with Gasteiger partial charge in [-0.25, -0.2) is 14.4 Å². The summed E-state index contributed by atoms with van der Waals surface area (Å²) in [6.45, 7) is 3.71. The number of benzene rings is 2. The molecule has 5 nitrogen and oxygen atoms in total. The fraction of sp³-hybridized carbons (Fsp3) is 0.0417. The lowest BCUT2D eigenvalue weighted by Gasteiger charge is -2.13. The number of hydrogen-bond donors (Lipinski definition) is 2. The third-order valence-electron chi connectivity index (χ3n) is 4.66. The Morgan fingerprint density at radius 3 is 2.74 bits per heavy atom. The molecule has 0 unspecified atom stereocenters. The minimum Gasteiger partial charge on any atom is -0.392 e. The number of halogens is 2. The van der Waals surface area contributed by atoms with E-state index in [1.165, 1.54) is 12.1 Å². The van der Waals surface area contributed by atoms with E-state index in [4.69, 9.17) is 16.6 Å². The molecule has 2 heterocycles. The number of nitrogens with zero attached hydrogens (tertiary/aromatic N) is 3. The van der Waals surface area contributed by atoms with Crippen LogP contribution in [0.5, 0.6) is 0 Å². The van der Waals surface area contributed by atoms with E-state index >= 15 is 0 Å². The molecule has 0 aliphatic heterocycles. The summed E-state index contributed by atoms with van der Waals surface area (Å²) in [6, 6.07) is 13.8. The molecule has 0 atom stereocenters. The molecule has 31 heavy (non-hydrogen) atoms. The molecule has 0 aliphatic carbocycles. The van der Waals surface area contributed by atoms with Gasteiger partial charge in [0.1, 0.15) is 11.6 Å². The van der Waals surface area contributed by atoms with Crippen LogP contribution < -0.4 is 5.32 Å². The van der Waals surface area contributed by atoms with Crippen molar-refractivity contribution in [3.8, 4) is 11.4 Å². The maximum Gasteiger partial charge on any atom is 0.163 e. The molecule has 0 saturated carbocycles. The highest BCUT2D eigenvalue weighted by molar-refractivity contribution is 6.31. The van der Waals surface area contributed by atoms with E-state index in [0.717, 1.165) is 22.1 Å². The zero-order valence-electron chi connectivity index (χ0n) is 16.4. The molecule has 2 aromatic carbocycles. The lowest BCUT2D eigenvalue weighted by molar-refractivity contribution is 0.343. The topological polar surface area (TPSA) is 70.9 Å². The van der Waals surface area contributed by atoms with Crippen LogP contribution in [-0.2, 0) is 0 Å². The van der Waals surface area contributed by atoms with Gasteiger partial charge in [0.05, 0.1) is 17.1 Å². The summed E-state index contributed by atoms with van der Waals surface area (Å²) < 4.78 is 13.6. The monoisotopic (exact) mass is 432 g/mol. The van der Waals surface area contributed by atoms with E-state index in [-0.39, 0.29) is 11.6 Å². The smallest absolute Gasteiger partial charge is 0.163 e. The summed E-state index contributed by atoms with van der Waals surface area (Å²) in [5.74, 6) is 0.530. The van der Waals surface area contributed by atoms with Gasteiger partial charge in [0.15, 0.2) is 5.82 Å². The second-order valence-electron chi connectivity index (χ2n) is 6.67. The number of allylic oxidation sites excluding steroid dienone is 2. The Morgan fingerprint density at radius 2 is 2.03 bits per heavy atom. The molecular formula is C24H18ClFN4O. The summed E-state index contributed by atoms with van der Waals surface area (Å²) in [5, 5.41) is 13.3. The molecule has 0 fully saturated rings. The van der Waals surface area contributed by atoms with Crippen LogP contribution in [0, 0.1) is 5.82 Å². The standard InChI is InChI=1S/C24H18ClFN4O/c1-2-15(9-11-31)16-5-8-22-19(12-16)24(28-18-6-7-21(26)20(25)13-18)30-23(29-22)17-4-3-10-27-14-17/h2-10,12-14,31H,1,11H2,(H,28,29,30). The van der Waals surface area contributed by atoms with Crippen LogP contribution >= 0.6 is 11.6 Å². The lowest BCUT2D eigenvalue weighted by atomic mass is 10.0. The van der Waals surface area contributed by atoms with Crippen LogP contribution in [-0.4, -0.2) is 26.7 Å². The highest BCUT2D eigenvalue weighted by Gasteiger charge is 2.12. The molecule has 2 aromatic heterocycles. The molecule has 4 rings (SSSR count). The first-order valence-electron chi connectivity index (χ1n) is 9.47. The summed E-state index contributed by atoms with van der Waals surface area (Å²) in [5.41, 5.74) is 3.70. The number of pyridine rings is 1. The molecule has 0 amide bonds. The molecule has 7 heteroatoms. The molecule has 2 N–H and O–H groups in total. The van der Waals surface area contributed by atoms with Crippen LogP contribution in [0.2, 0.25) is 5.02 Å². The van der Waals surface area contributed by atoms with Crippen LogP contribution in [0.1, 0.15) is 5.56 Å². The average Bonchev–Trinajstić information content (AvgIpc) is 2.80. The van der Waals surface area contributed by atoms with Gasteiger partial charge in [-0.2, -0.15) is 0 Å². The minimum absolute atomic E-state index is 0.0105. The molecule has 0 saturated heterocycles. The van der Waals surface area contributed by atoms with Crippen molar-refractivity contribution in [3.63, 3.8) is 0 Å². The second kappa shape index (κ2) is 9.04. The van der Waals surface area contributed by atoms with Gasteiger partial charge >= 0.3 is 0 Å². The SMILES string of the molecule is C=CC(=CCO)c1ccc2nc(-c3cccnc3)nc(Nc3ccc(F)c(Cl)c3)c2c1. The number of aliphatic hydroxyl groups is 1. The number of hydrogen-bond acceptors (Lipinski definition) is 5. The first kappa shape index (κ1) is 20.7. The van der Waals surface area contributed by atoms with Crippen molar-refractivity contribution in [2.75, 3.05) is 11.9 Å². The third kappa shape index (κ3) is 4.45. The van der Waals surface area contributed by atoms with Gasteiger partial charge < -0.3 is 10.4 Å². The Morgan fingerprint density at radius 1 is 1.16 bits per heavy atom. The Bertz CT molecular complexity index is 1290. The molecule has 0 aliphatic rings. The molecule has 4 aromatic rings. The first-order chi connectivity index (χ1) is 15.1. The predicted molar refractivity (Wildman–Crippen MR) is 123 cm³/mol. The Kier molecular flexibility index (Phi) is 6.02. The summed E-state index contributed by atoms with van der Waals surface area (Å²) in [7, 11) is 0. The van der Waals surface area contributed by atoms with Crippen molar-refractivity contribution in [1.29, 1.82) is 0 Å². The third-order valence-corrected chi connectivity index (χ3v) is 4.95. The zero-order chi connectivity index (χ0) is 21.8. The number of anilines is 2. The Hall–Kier alpha value is -3.61. The highest BCUT2D eigenvalue weighted by Crippen LogP contribution is 2.31. The van der Waals surface area contributed by atoms with E-state index < -0.39 is 5.82 Å². The van der Waals surface area contributed by atoms with E-state index in [1.807, 2.05) is 30.3 Å². The van der Waals surface area contributed by atoms with Gasteiger partial charge in [-0.15, -0.1) is 0 Å². The van der Waals surface area contributed by atoms with E-state index in [9.17, 15) is 9.50 Å². The van der Waals surface area contributed by atoms with Gasteiger partial charge in [-0.1, -0.05) is 36.4 Å². The molecule has 154 valence electrons. The predicted octanol–water partition coefficient (Wildman–Crippen LogP) is 5.79. The largest absolute Gasteiger partial charge is 0.392 e. The highest BCUT2D eigenvalue weighted by atomic mass is 35.5. The van der Waals surface area contributed by atoms with Gasteiger partial charge in [0.25, 0.3) is 0 Å². The molecule has 0 radical (unpaired) electrons. The van der Waals surface area contributed by atoms with Gasteiger partial charge in [0.2, 0.25) is 0 Å². The van der Waals surface area contributed by atoms with Gasteiger partial charge in [0, 0.05) is 29.0 Å². The normalized spacial score (nSPS) is 11.5. The summed E-state index contributed by atoms with van der Waals surface area (Å²) in [4.78, 5) is 13.5. The maximum atomic E-state index is 13.6. The van der Waals surface area contributed by atoms with Crippen molar-refractivity contribution in [3.05, 3.63) is 96.1 Å². The average molecular weight is 433 g/mol. The van der Waals surface area contributed by atoms with Crippen molar-refractivity contribution in [2.45, 2.75) is 0 Å². The van der Waals surface area contributed by atoms with E-state index in [1.54, 1.807) is 30.6 Å². The number of aromatic nitrogens is 3.